The fraction of sp³-hybridized carbons (Fsp3) is 0.588. The van der Waals surface area contributed by atoms with E-state index in [2.05, 4.69) is 6.92 Å². The predicted octanol–water partition coefficient (Wildman–Crippen LogP) is 2.94. The van der Waals surface area contributed by atoms with E-state index in [-0.39, 0.29) is 17.2 Å². The lowest BCUT2D eigenvalue weighted by molar-refractivity contribution is 0.00578. The minimum atomic E-state index is -0.407. The van der Waals surface area contributed by atoms with Crippen LogP contribution in [0, 0.1) is 0 Å². The van der Waals surface area contributed by atoms with E-state index < -0.39 is 7.12 Å². The van der Waals surface area contributed by atoms with Crippen LogP contribution in [0.25, 0.3) is 0 Å². The molecule has 0 unspecified atom stereocenters. The summed E-state index contributed by atoms with van der Waals surface area (Å²) in [5.41, 5.74) is 0.727. The Morgan fingerprint density at radius 1 is 1.09 bits per heavy atom. The van der Waals surface area contributed by atoms with Gasteiger partial charge in [0.1, 0.15) is 0 Å². The maximum Gasteiger partial charge on any atom is 0.494 e. The standard InChI is InChI=1S/C17H25BO4/c1-6-7-12-20-15(19)13-8-10-14(11-9-13)18-21-16(2,3)17(4,5)22-18/h8-11H,6-7,12H2,1-5H3. The zero-order chi connectivity index (χ0) is 16.4. The molecule has 1 aromatic carbocycles. The van der Waals surface area contributed by atoms with Gasteiger partial charge in [-0.15, -0.1) is 0 Å². The molecule has 1 aliphatic heterocycles. The number of esters is 1. The first-order valence-electron chi connectivity index (χ1n) is 7.89. The molecule has 5 heteroatoms. The molecule has 0 atom stereocenters. The van der Waals surface area contributed by atoms with Crippen molar-refractivity contribution in [1.82, 2.24) is 0 Å². The van der Waals surface area contributed by atoms with E-state index in [4.69, 9.17) is 14.0 Å². The number of unbranched alkanes of at least 4 members (excludes halogenated alkanes) is 1. The van der Waals surface area contributed by atoms with E-state index in [0.717, 1.165) is 18.3 Å². The minimum absolute atomic E-state index is 0.283. The van der Waals surface area contributed by atoms with Crippen molar-refractivity contribution in [2.75, 3.05) is 6.61 Å². The monoisotopic (exact) mass is 304 g/mol. The normalized spacial score (nSPS) is 19.2. The van der Waals surface area contributed by atoms with Crippen molar-refractivity contribution in [1.29, 1.82) is 0 Å². The van der Waals surface area contributed by atoms with Crippen molar-refractivity contribution in [2.24, 2.45) is 0 Å². The molecule has 1 fully saturated rings. The van der Waals surface area contributed by atoms with Gasteiger partial charge in [0.25, 0.3) is 0 Å². The maximum absolute atomic E-state index is 11.9. The summed E-state index contributed by atoms with van der Waals surface area (Å²) in [6.07, 6.45) is 1.89. The smallest absolute Gasteiger partial charge is 0.462 e. The molecule has 0 aromatic heterocycles. The minimum Gasteiger partial charge on any atom is -0.462 e. The van der Waals surface area contributed by atoms with Crippen LogP contribution in [0.4, 0.5) is 0 Å². The number of ether oxygens (including phenoxy) is 1. The first-order chi connectivity index (χ1) is 10.3. The summed E-state index contributed by atoms with van der Waals surface area (Å²) in [6, 6.07) is 7.24. The van der Waals surface area contributed by atoms with Crippen LogP contribution in [-0.2, 0) is 14.0 Å². The highest BCUT2D eigenvalue weighted by Crippen LogP contribution is 2.36. The lowest BCUT2D eigenvalue weighted by Gasteiger charge is -2.32. The Hall–Kier alpha value is -1.33. The Balaban J connectivity index is 2.02. The van der Waals surface area contributed by atoms with Gasteiger partial charge in [-0.05, 0) is 51.7 Å². The molecule has 1 aromatic rings. The van der Waals surface area contributed by atoms with Crippen molar-refractivity contribution in [3.8, 4) is 0 Å². The van der Waals surface area contributed by atoms with Crippen LogP contribution < -0.4 is 5.46 Å². The van der Waals surface area contributed by atoms with Crippen LogP contribution in [-0.4, -0.2) is 30.9 Å². The summed E-state index contributed by atoms with van der Waals surface area (Å²) in [6.45, 7) is 10.6. The average Bonchev–Trinajstić information content (AvgIpc) is 2.68. The fourth-order valence-electron chi connectivity index (χ4n) is 2.15. The number of hydrogen-bond donors (Lipinski definition) is 0. The van der Waals surface area contributed by atoms with Gasteiger partial charge in [0.05, 0.1) is 23.4 Å². The molecule has 1 heterocycles. The molecule has 0 saturated carbocycles. The Labute approximate surface area is 133 Å². The Morgan fingerprint density at radius 2 is 1.64 bits per heavy atom. The van der Waals surface area contributed by atoms with Gasteiger partial charge in [0, 0.05) is 0 Å². The van der Waals surface area contributed by atoms with Crippen LogP contribution in [0.2, 0.25) is 0 Å². The van der Waals surface area contributed by atoms with Gasteiger partial charge in [-0.25, -0.2) is 4.79 Å². The Kier molecular flexibility index (Phi) is 4.98. The van der Waals surface area contributed by atoms with Gasteiger partial charge in [0.2, 0.25) is 0 Å². The highest BCUT2D eigenvalue weighted by molar-refractivity contribution is 6.62. The van der Waals surface area contributed by atoms with Gasteiger partial charge in [-0.3, -0.25) is 0 Å². The topological polar surface area (TPSA) is 44.8 Å². The molecule has 0 aliphatic carbocycles. The van der Waals surface area contributed by atoms with E-state index in [1.807, 2.05) is 39.8 Å². The molecule has 22 heavy (non-hydrogen) atoms. The quantitative estimate of drug-likeness (QED) is 0.476. The SMILES string of the molecule is CCCCOC(=O)c1ccc(B2OC(C)(C)C(C)(C)O2)cc1. The molecule has 0 radical (unpaired) electrons. The van der Waals surface area contributed by atoms with Gasteiger partial charge < -0.3 is 14.0 Å². The van der Waals surface area contributed by atoms with Gasteiger partial charge in [0.15, 0.2) is 0 Å². The number of rotatable bonds is 5. The third-order valence-electron chi connectivity index (χ3n) is 4.40. The summed E-state index contributed by atoms with van der Waals surface area (Å²) in [7, 11) is -0.407. The summed E-state index contributed by atoms with van der Waals surface area (Å²) in [5, 5.41) is 0. The lowest BCUT2D eigenvalue weighted by atomic mass is 9.79. The molecule has 0 bridgehead atoms. The zero-order valence-corrected chi connectivity index (χ0v) is 14.1. The highest BCUT2D eigenvalue weighted by atomic mass is 16.7. The number of benzene rings is 1. The second kappa shape index (κ2) is 6.43. The van der Waals surface area contributed by atoms with Crippen LogP contribution in [0.15, 0.2) is 24.3 Å². The summed E-state index contributed by atoms with van der Waals surface area (Å²) in [4.78, 5) is 11.9. The lowest BCUT2D eigenvalue weighted by Crippen LogP contribution is -2.41. The van der Waals surface area contributed by atoms with E-state index in [1.54, 1.807) is 12.1 Å². The molecule has 120 valence electrons. The van der Waals surface area contributed by atoms with Crippen molar-refractivity contribution >= 4 is 18.6 Å². The fourth-order valence-corrected chi connectivity index (χ4v) is 2.15. The van der Waals surface area contributed by atoms with Crippen molar-refractivity contribution in [2.45, 2.75) is 58.7 Å². The third kappa shape index (κ3) is 3.53. The van der Waals surface area contributed by atoms with Crippen LogP contribution >= 0.6 is 0 Å². The van der Waals surface area contributed by atoms with E-state index in [1.165, 1.54) is 0 Å². The second-order valence-electron chi connectivity index (χ2n) is 6.70. The molecular weight excluding hydrogens is 279 g/mol. The summed E-state index contributed by atoms with van der Waals surface area (Å²) in [5.74, 6) is -0.283. The first-order valence-corrected chi connectivity index (χ1v) is 7.89. The number of carbonyl (C=O) groups excluding carboxylic acids is 1. The largest absolute Gasteiger partial charge is 0.494 e. The van der Waals surface area contributed by atoms with Crippen LogP contribution in [0.1, 0.15) is 57.8 Å². The molecule has 0 spiro atoms. The number of carbonyl (C=O) groups is 1. The second-order valence-corrected chi connectivity index (χ2v) is 6.70. The molecular formula is C17H25BO4. The molecule has 1 saturated heterocycles. The van der Waals surface area contributed by atoms with Crippen LogP contribution in [0.5, 0.6) is 0 Å². The molecule has 2 rings (SSSR count). The van der Waals surface area contributed by atoms with E-state index in [0.29, 0.717) is 12.2 Å². The van der Waals surface area contributed by atoms with E-state index in [9.17, 15) is 4.79 Å². The predicted molar refractivity (Wildman–Crippen MR) is 87.3 cm³/mol. The zero-order valence-electron chi connectivity index (χ0n) is 14.1. The van der Waals surface area contributed by atoms with Crippen molar-refractivity contribution in [3.05, 3.63) is 29.8 Å². The molecule has 0 amide bonds. The highest BCUT2D eigenvalue weighted by Gasteiger charge is 2.51. The third-order valence-corrected chi connectivity index (χ3v) is 4.40. The summed E-state index contributed by atoms with van der Waals surface area (Å²) >= 11 is 0. The van der Waals surface area contributed by atoms with E-state index >= 15 is 0 Å². The Bertz CT molecular complexity index is 506. The summed E-state index contributed by atoms with van der Waals surface area (Å²) < 4.78 is 17.2. The van der Waals surface area contributed by atoms with Gasteiger partial charge in [-0.1, -0.05) is 25.5 Å². The Morgan fingerprint density at radius 3 is 2.14 bits per heavy atom. The first kappa shape index (κ1) is 17.0. The van der Waals surface area contributed by atoms with Gasteiger partial charge >= 0.3 is 13.1 Å². The van der Waals surface area contributed by atoms with Crippen molar-refractivity contribution in [3.63, 3.8) is 0 Å². The molecule has 4 nitrogen and oxygen atoms in total. The number of hydrogen-bond acceptors (Lipinski definition) is 4. The van der Waals surface area contributed by atoms with Crippen LogP contribution in [0.3, 0.4) is 0 Å². The molecule has 0 N–H and O–H groups in total. The average molecular weight is 304 g/mol. The molecule has 1 aliphatic rings. The van der Waals surface area contributed by atoms with Gasteiger partial charge in [-0.2, -0.15) is 0 Å². The maximum atomic E-state index is 11.9. The van der Waals surface area contributed by atoms with Crippen molar-refractivity contribution < 1.29 is 18.8 Å².